The predicted molar refractivity (Wildman–Crippen MR) is 56.9 cm³/mol. The van der Waals surface area contributed by atoms with Crippen molar-refractivity contribution >= 4 is 5.78 Å². The number of benzene rings is 1. The number of carbonyl (C=O) groups is 1. The van der Waals surface area contributed by atoms with Gasteiger partial charge >= 0.3 is 0 Å². The van der Waals surface area contributed by atoms with E-state index < -0.39 is 0 Å². The van der Waals surface area contributed by atoms with Gasteiger partial charge in [-0.3, -0.25) is 4.79 Å². The maximum atomic E-state index is 11.6. The van der Waals surface area contributed by atoms with Gasteiger partial charge in [0.25, 0.3) is 0 Å². The lowest BCUT2D eigenvalue weighted by Gasteiger charge is -2.05. The number of aryl methyl sites for hydroxylation is 1. The van der Waals surface area contributed by atoms with Crippen molar-refractivity contribution in [2.45, 2.75) is 19.8 Å². The molecule has 0 spiro atoms. The summed E-state index contributed by atoms with van der Waals surface area (Å²) >= 11 is 0. The highest BCUT2D eigenvalue weighted by atomic mass is 16.5. The first-order valence-corrected chi connectivity index (χ1v) is 4.74. The molecule has 0 bridgehead atoms. The quantitative estimate of drug-likeness (QED) is 0.706. The van der Waals surface area contributed by atoms with E-state index in [-0.39, 0.29) is 18.6 Å². The van der Waals surface area contributed by atoms with Crippen LogP contribution in [0.3, 0.4) is 0 Å². The van der Waals surface area contributed by atoms with Crippen molar-refractivity contribution in [3.8, 4) is 11.8 Å². The van der Waals surface area contributed by atoms with Crippen LogP contribution < -0.4 is 4.74 Å². The Morgan fingerprint density at radius 3 is 2.80 bits per heavy atom. The molecular formula is C12H13NO2. The standard InChI is InChI=1S/C12H13NO2/c1-9-8-10(5-6-12(9)15-2)11(14)4-3-7-13/h5-6,8H,3-4H2,1-2H3. The molecule has 0 atom stereocenters. The molecule has 0 radical (unpaired) electrons. The van der Waals surface area contributed by atoms with Crippen LogP contribution >= 0.6 is 0 Å². The molecule has 0 fully saturated rings. The van der Waals surface area contributed by atoms with Crippen LogP contribution in [0.5, 0.6) is 5.75 Å². The average Bonchev–Trinajstić information content (AvgIpc) is 2.25. The Kier molecular flexibility index (Phi) is 3.87. The zero-order valence-corrected chi connectivity index (χ0v) is 8.91. The first-order valence-electron chi connectivity index (χ1n) is 4.74. The molecule has 3 nitrogen and oxygen atoms in total. The number of ether oxygens (including phenoxy) is 1. The van der Waals surface area contributed by atoms with E-state index in [1.54, 1.807) is 25.3 Å². The average molecular weight is 203 g/mol. The van der Waals surface area contributed by atoms with Crippen LogP contribution in [-0.4, -0.2) is 12.9 Å². The van der Waals surface area contributed by atoms with E-state index in [0.717, 1.165) is 11.3 Å². The minimum Gasteiger partial charge on any atom is -0.496 e. The maximum Gasteiger partial charge on any atom is 0.163 e. The molecule has 0 N–H and O–H groups in total. The third-order valence-electron chi connectivity index (χ3n) is 2.18. The van der Waals surface area contributed by atoms with Crippen LogP contribution in [0.1, 0.15) is 28.8 Å². The van der Waals surface area contributed by atoms with Crippen LogP contribution in [0.15, 0.2) is 18.2 Å². The topological polar surface area (TPSA) is 50.1 Å². The summed E-state index contributed by atoms with van der Waals surface area (Å²) in [4.78, 5) is 11.6. The number of nitriles is 1. The molecule has 1 rings (SSSR count). The maximum absolute atomic E-state index is 11.6. The van der Waals surface area contributed by atoms with E-state index in [4.69, 9.17) is 10.00 Å². The van der Waals surface area contributed by atoms with Crippen LogP contribution in [-0.2, 0) is 0 Å². The second kappa shape index (κ2) is 5.16. The van der Waals surface area contributed by atoms with Gasteiger partial charge in [-0.15, -0.1) is 0 Å². The number of carbonyl (C=O) groups excluding carboxylic acids is 1. The summed E-state index contributed by atoms with van der Waals surface area (Å²) in [7, 11) is 1.60. The van der Waals surface area contributed by atoms with Crippen LogP contribution in [0.2, 0.25) is 0 Å². The number of methoxy groups -OCH3 is 1. The van der Waals surface area contributed by atoms with Gasteiger partial charge in [0.15, 0.2) is 5.78 Å². The summed E-state index contributed by atoms with van der Waals surface area (Å²) < 4.78 is 5.10. The summed E-state index contributed by atoms with van der Waals surface area (Å²) in [6.07, 6.45) is 0.548. The van der Waals surface area contributed by atoms with Crippen molar-refractivity contribution in [3.63, 3.8) is 0 Å². The Hall–Kier alpha value is -1.82. The molecular weight excluding hydrogens is 190 g/mol. The number of ketones is 1. The molecule has 0 amide bonds. The van der Waals surface area contributed by atoms with E-state index in [1.807, 2.05) is 13.0 Å². The van der Waals surface area contributed by atoms with Crippen molar-refractivity contribution in [1.82, 2.24) is 0 Å². The zero-order chi connectivity index (χ0) is 11.3. The third kappa shape index (κ3) is 2.81. The van der Waals surface area contributed by atoms with Gasteiger partial charge in [-0.05, 0) is 30.7 Å². The molecule has 0 aliphatic heterocycles. The fourth-order valence-corrected chi connectivity index (χ4v) is 1.37. The largest absolute Gasteiger partial charge is 0.496 e. The molecule has 0 saturated heterocycles. The molecule has 0 unspecified atom stereocenters. The smallest absolute Gasteiger partial charge is 0.163 e. The first kappa shape index (κ1) is 11.3. The number of rotatable bonds is 4. The lowest BCUT2D eigenvalue weighted by molar-refractivity contribution is 0.0984. The summed E-state index contributed by atoms with van der Waals surface area (Å²) in [6, 6.07) is 7.25. The van der Waals surface area contributed by atoms with Gasteiger partial charge in [0, 0.05) is 18.4 Å². The lowest BCUT2D eigenvalue weighted by atomic mass is 10.0. The van der Waals surface area contributed by atoms with E-state index in [0.29, 0.717) is 5.56 Å². The molecule has 0 aromatic heterocycles. The van der Waals surface area contributed by atoms with Crippen molar-refractivity contribution in [1.29, 1.82) is 5.26 Å². The molecule has 0 aliphatic carbocycles. The van der Waals surface area contributed by atoms with Gasteiger partial charge in [0.05, 0.1) is 13.2 Å². The molecule has 1 aromatic rings. The lowest BCUT2D eigenvalue weighted by Crippen LogP contribution is -1.99. The summed E-state index contributed by atoms with van der Waals surface area (Å²) in [5, 5.41) is 8.38. The van der Waals surface area contributed by atoms with Gasteiger partial charge in [-0.25, -0.2) is 0 Å². The molecule has 3 heteroatoms. The minimum atomic E-state index is 0.00213. The van der Waals surface area contributed by atoms with E-state index in [1.165, 1.54) is 0 Å². The van der Waals surface area contributed by atoms with Crippen molar-refractivity contribution in [3.05, 3.63) is 29.3 Å². The summed E-state index contributed by atoms with van der Waals surface area (Å²) in [5.41, 5.74) is 1.57. The van der Waals surface area contributed by atoms with Crippen LogP contribution in [0.25, 0.3) is 0 Å². The minimum absolute atomic E-state index is 0.00213. The second-order valence-electron chi connectivity index (χ2n) is 3.27. The highest BCUT2D eigenvalue weighted by Gasteiger charge is 2.07. The molecule has 0 aliphatic rings. The fourth-order valence-electron chi connectivity index (χ4n) is 1.37. The number of nitrogens with zero attached hydrogens (tertiary/aromatic N) is 1. The molecule has 78 valence electrons. The van der Waals surface area contributed by atoms with Gasteiger partial charge in [-0.2, -0.15) is 5.26 Å². The van der Waals surface area contributed by atoms with Crippen molar-refractivity contribution in [2.24, 2.45) is 0 Å². The van der Waals surface area contributed by atoms with Gasteiger partial charge in [-0.1, -0.05) is 0 Å². The SMILES string of the molecule is COc1ccc(C(=O)CCC#N)cc1C. The predicted octanol–water partition coefficient (Wildman–Crippen LogP) is 2.49. The van der Waals surface area contributed by atoms with Gasteiger partial charge in [0.1, 0.15) is 5.75 Å². The molecule has 1 aromatic carbocycles. The van der Waals surface area contributed by atoms with Gasteiger partial charge < -0.3 is 4.74 Å². The Balaban J connectivity index is 2.84. The Labute approximate surface area is 89.3 Å². The highest BCUT2D eigenvalue weighted by Crippen LogP contribution is 2.19. The van der Waals surface area contributed by atoms with Crippen LogP contribution in [0, 0.1) is 18.3 Å². The normalized spacial score (nSPS) is 9.40. The number of hydrogen-bond donors (Lipinski definition) is 0. The second-order valence-corrected chi connectivity index (χ2v) is 3.27. The summed E-state index contributed by atoms with van der Waals surface area (Å²) in [6.45, 7) is 1.89. The van der Waals surface area contributed by atoms with Gasteiger partial charge in [0.2, 0.25) is 0 Å². The van der Waals surface area contributed by atoms with Crippen molar-refractivity contribution < 1.29 is 9.53 Å². The Morgan fingerprint density at radius 2 is 2.27 bits per heavy atom. The Morgan fingerprint density at radius 1 is 1.53 bits per heavy atom. The Bertz CT molecular complexity index is 405. The van der Waals surface area contributed by atoms with Crippen LogP contribution in [0.4, 0.5) is 0 Å². The third-order valence-corrected chi connectivity index (χ3v) is 2.18. The highest BCUT2D eigenvalue weighted by molar-refractivity contribution is 5.96. The number of hydrogen-bond acceptors (Lipinski definition) is 3. The summed E-state index contributed by atoms with van der Waals surface area (Å²) in [5.74, 6) is 0.772. The molecule has 0 saturated carbocycles. The van der Waals surface area contributed by atoms with E-state index in [9.17, 15) is 4.79 Å². The first-order chi connectivity index (χ1) is 7.19. The number of Topliss-reactive ketones (excluding diaryl/α,β-unsaturated/α-hetero) is 1. The van der Waals surface area contributed by atoms with E-state index in [2.05, 4.69) is 0 Å². The van der Waals surface area contributed by atoms with E-state index >= 15 is 0 Å². The fraction of sp³-hybridized carbons (Fsp3) is 0.333. The van der Waals surface area contributed by atoms with Crippen molar-refractivity contribution in [2.75, 3.05) is 7.11 Å². The molecule has 15 heavy (non-hydrogen) atoms. The molecule has 0 heterocycles. The zero-order valence-electron chi connectivity index (χ0n) is 8.91. The monoisotopic (exact) mass is 203 g/mol.